The zero-order chi connectivity index (χ0) is 12.0. The molecule has 1 aromatic carbocycles. The highest BCUT2D eigenvalue weighted by atomic mass is 28.3. The summed E-state index contributed by atoms with van der Waals surface area (Å²) in [4.78, 5) is 0. The molecule has 0 aliphatic rings. The fraction of sp³-hybridized carbons (Fsp3) is 0.357. The second-order valence-electron chi connectivity index (χ2n) is 4.73. The van der Waals surface area contributed by atoms with Crippen LogP contribution in [-0.4, -0.2) is 8.07 Å². The Morgan fingerprint density at radius 1 is 1.38 bits per heavy atom. The van der Waals surface area contributed by atoms with Crippen LogP contribution in [0.15, 0.2) is 42.6 Å². The number of aryl methyl sites for hydroxylation is 1. The largest absolute Gasteiger partial charge is 0.198 e. The number of hydrogen-bond donors (Lipinski definition) is 0. The van der Waals surface area contributed by atoms with Crippen LogP contribution in [0.4, 0.5) is 0 Å². The van der Waals surface area contributed by atoms with Gasteiger partial charge in [-0.1, -0.05) is 43.4 Å². The molecule has 16 heavy (non-hydrogen) atoms. The summed E-state index contributed by atoms with van der Waals surface area (Å²) in [5.41, 5.74) is 3.51. The molecule has 0 bridgehead atoms. The Morgan fingerprint density at radius 2 is 2.00 bits per heavy atom. The standard InChI is InChI=1S/C14H19NSi/c1-4-16(2,3)14(12-15)11-10-13-8-6-5-7-9-13/h4-9,14H,1,10-11H2,2-3H3. The van der Waals surface area contributed by atoms with Crippen molar-refractivity contribution in [1.82, 2.24) is 0 Å². The van der Waals surface area contributed by atoms with Crippen LogP contribution in [0.5, 0.6) is 0 Å². The summed E-state index contributed by atoms with van der Waals surface area (Å²) in [6.07, 6.45) is 1.94. The van der Waals surface area contributed by atoms with Crippen LogP contribution in [0.25, 0.3) is 0 Å². The zero-order valence-electron chi connectivity index (χ0n) is 10.1. The first kappa shape index (κ1) is 12.7. The maximum absolute atomic E-state index is 9.21. The van der Waals surface area contributed by atoms with Crippen LogP contribution in [-0.2, 0) is 6.42 Å². The minimum atomic E-state index is -1.56. The molecule has 2 heteroatoms. The second kappa shape index (κ2) is 5.67. The van der Waals surface area contributed by atoms with Crippen molar-refractivity contribution in [2.24, 2.45) is 0 Å². The van der Waals surface area contributed by atoms with E-state index in [1.165, 1.54) is 5.56 Å². The van der Waals surface area contributed by atoms with Gasteiger partial charge in [0.2, 0.25) is 0 Å². The van der Waals surface area contributed by atoms with Gasteiger partial charge in [-0.25, -0.2) is 0 Å². The number of hydrogen-bond acceptors (Lipinski definition) is 1. The molecule has 0 heterocycles. The lowest BCUT2D eigenvalue weighted by molar-refractivity contribution is 0.827. The number of nitriles is 1. The Morgan fingerprint density at radius 3 is 2.50 bits per heavy atom. The predicted molar refractivity (Wildman–Crippen MR) is 71.8 cm³/mol. The molecule has 0 saturated carbocycles. The number of nitrogens with zero attached hydrogens (tertiary/aromatic N) is 1. The van der Waals surface area contributed by atoms with E-state index in [1.807, 2.05) is 23.9 Å². The van der Waals surface area contributed by atoms with Gasteiger partial charge in [-0.15, -0.1) is 12.3 Å². The van der Waals surface area contributed by atoms with Gasteiger partial charge in [-0.05, 0) is 18.4 Å². The first-order valence-corrected chi connectivity index (χ1v) is 8.83. The van der Waals surface area contributed by atoms with E-state index in [4.69, 9.17) is 0 Å². The normalized spacial score (nSPS) is 12.8. The van der Waals surface area contributed by atoms with E-state index < -0.39 is 8.07 Å². The first-order valence-electron chi connectivity index (χ1n) is 5.67. The van der Waals surface area contributed by atoms with Crippen LogP contribution in [0.2, 0.25) is 18.6 Å². The first-order chi connectivity index (χ1) is 7.60. The average Bonchev–Trinajstić information content (AvgIpc) is 2.31. The fourth-order valence-corrected chi connectivity index (χ4v) is 3.21. The Bertz CT molecular complexity index is 375. The third-order valence-electron chi connectivity index (χ3n) is 3.14. The van der Waals surface area contributed by atoms with Crippen LogP contribution in [0, 0.1) is 11.3 Å². The van der Waals surface area contributed by atoms with Crippen molar-refractivity contribution in [1.29, 1.82) is 5.26 Å². The summed E-state index contributed by atoms with van der Waals surface area (Å²) in [6.45, 7) is 8.28. The lowest BCUT2D eigenvalue weighted by Gasteiger charge is -2.23. The summed E-state index contributed by atoms with van der Waals surface area (Å²) in [7, 11) is -1.56. The van der Waals surface area contributed by atoms with E-state index in [2.05, 4.69) is 37.9 Å². The summed E-state index contributed by atoms with van der Waals surface area (Å²) in [5.74, 6) is 0. The minimum Gasteiger partial charge on any atom is -0.198 e. The summed E-state index contributed by atoms with van der Waals surface area (Å²) in [6, 6.07) is 12.8. The van der Waals surface area contributed by atoms with E-state index in [9.17, 15) is 5.26 Å². The molecular formula is C14H19NSi. The third-order valence-corrected chi connectivity index (χ3v) is 6.41. The van der Waals surface area contributed by atoms with Crippen molar-refractivity contribution < 1.29 is 0 Å². The summed E-state index contributed by atoms with van der Waals surface area (Å²) in [5, 5.41) is 9.21. The number of benzene rings is 1. The molecule has 1 nitrogen and oxygen atoms in total. The smallest absolute Gasteiger partial charge is 0.0895 e. The van der Waals surface area contributed by atoms with E-state index in [-0.39, 0.29) is 5.54 Å². The maximum Gasteiger partial charge on any atom is 0.0895 e. The molecule has 0 aliphatic heterocycles. The maximum atomic E-state index is 9.21. The van der Waals surface area contributed by atoms with Gasteiger partial charge in [-0.2, -0.15) is 5.26 Å². The highest BCUT2D eigenvalue weighted by Crippen LogP contribution is 2.27. The quantitative estimate of drug-likeness (QED) is 0.701. The molecule has 0 spiro atoms. The van der Waals surface area contributed by atoms with Crippen molar-refractivity contribution >= 4 is 8.07 Å². The molecule has 1 unspecified atom stereocenters. The van der Waals surface area contributed by atoms with Gasteiger partial charge >= 0.3 is 0 Å². The van der Waals surface area contributed by atoms with Crippen LogP contribution in [0.3, 0.4) is 0 Å². The summed E-state index contributed by atoms with van der Waals surface area (Å²) < 4.78 is 0. The molecule has 0 aromatic heterocycles. The Balaban J connectivity index is 2.60. The van der Waals surface area contributed by atoms with Crippen LogP contribution < -0.4 is 0 Å². The highest BCUT2D eigenvalue weighted by Gasteiger charge is 2.28. The van der Waals surface area contributed by atoms with Gasteiger partial charge in [0.15, 0.2) is 0 Å². The third kappa shape index (κ3) is 3.36. The lowest BCUT2D eigenvalue weighted by Crippen LogP contribution is -2.29. The van der Waals surface area contributed by atoms with Gasteiger partial charge in [0, 0.05) is 5.54 Å². The van der Waals surface area contributed by atoms with E-state index in [0.29, 0.717) is 0 Å². The molecule has 1 aromatic rings. The average molecular weight is 229 g/mol. The molecule has 0 amide bonds. The van der Waals surface area contributed by atoms with Crippen molar-refractivity contribution in [2.75, 3.05) is 0 Å². The predicted octanol–water partition coefficient (Wildman–Crippen LogP) is 3.95. The van der Waals surface area contributed by atoms with Gasteiger partial charge in [0.1, 0.15) is 0 Å². The number of rotatable bonds is 5. The monoisotopic (exact) mass is 229 g/mol. The molecule has 0 aliphatic carbocycles. The Labute approximate surface area is 99.4 Å². The highest BCUT2D eigenvalue weighted by molar-refractivity contribution is 6.84. The minimum absolute atomic E-state index is 0.171. The van der Waals surface area contributed by atoms with Crippen LogP contribution in [0.1, 0.15) is 12.0 Å². The van der Waals surface area contributed by atoms with Crippen molar-refractivity contribution in [3.63, 3.8) is 0 Å². The second-order valence-corrected chi connectivity index (χ2v) is 9.48. The van der Waals surface area contributed by atoms with Gasteiger partial charge in [0.25, 0.3) is 0 Å². The fourth-order valence-electron chi connectivity index (χ4n) is 1.70. The van der Waals surface area contributed by atoms with Crippen molar-refractivity contribution in [2.45, 2.75) is 31.5 Å². The molecular weight excluding hydrogens is 210 g/mol. The van der Waals surface area contributed by atoms with Crippen molar-refractivity contribution in [3.8, 4) is 6.07 Å². The molecule has 1 rings (SSSR count). The van der Waals surface area contributed by atoms with Gasteiger partial charge in [0.05, 0.1) is 14.1 Å². The molecule has 0 N–H and O–H groups in total. The Hall–Kier alpha value is -1.33. The topological polar surface area (TPSA) is 23.8 Å². The Kier molecular flexibility index (Phi) is 4.51. The zero-order valence-corrected chi connectivity index (χ0v) is 11.1. The molecule has 0 saturated heterocycles. The van der Waals surface area contributed by atoms with Gasteiger partial charge < -0.3 is 0 Å². The van der Waals surface area contributed by atoms with Gasteiger partial charge in [-0.3, -0.25) is 0 Å². The van der Waals surface area contributed by atoms with Crippen molar-refractivity contribution in [3.05, 3.63) is 48.2 Å². The molecule has 0 radical (unpaired) electrons. The summed E-state index contributed by atoms with van der Waals surface area (Å²) >= 11 is 0. The van der Waals surface area contributed by atoms with E-state index in [0.717, 1.165) is 12.8 Å². The van der Waals surface area contributed by atoms with E-state index in [1.54, 1.807) is 0 Å². The SMILES string of the molecule is C=C[Si](C)(C)C(C#N)CCc1ccccc1. The molecule has 1 atom stereocenters. The van der Waals surface area contributed by atoms with Crippen LogP contribution >= 0.6 is 0 Å². The lowest BCUT2D eigenvalue weighted by atomic mass is 10.1. The molecule has 84 valence electrons. The van der Waals surface area contributed by atoms with E-state index >= 15 is 0 Å². The molecule has 0 fully saturated rings.